The van der Waals surface area contributed by atoms with E-state index in [0.29, 0.717) is 0 Å². The van der Waals surface area contributed by atoms with Crippen molar-refractivity contribution in [3.8, 4) is 22.3 Å². The zero-order valence-electron chi connectivity index (χ0n) is 49.3. The lowest BCUT2D eigenvalue weighted by Gasteiger charge is -2.23. The van der Waals surface area contributed by atoms with Crippen LogP contribution in [0.1, 0.15) is 83.2 Å². The third-order valence-electron chi connectivity index (χ3n) is 16.3. The van der Waals surface area contributed by atoms with Crippen molar-refractivity contribution in [3.63, 3.8) is 0 Å². The van der Waals surface area contributed by atoms with Crippen molar-refractivity contribution in [3.05, 3.63) is 284 Å². The molecule has 0 N–H and O–H groups in total. The van der Waals surface area contributed by atoms with Gasteiger partial charge in [-0.25, -0.2) is 0 Å². The maximum atomic E-state index is 4.87. The highest BCUT2D eigenvalue weighted by Gasteiger charge is 2.38. The molecule has 1 aliphatic heterocycles. The Morgan fingerprint density at radius 2 is 1.10 bits per heavy atom. The number of fused-ring (bicyclic) bond motifs is 15. The quantitative estimate of drug-likeness (QED) is 0.124. The predicted molar refractivity (Wildman–Crippen MR) is 367 cm³/mol. The van der Waals surface area contributed by atoms with Gasteiger partial charge in [-0.2, -0.15) is 0 Å². The monoisotopic (exact) mass is 1090 g/mol. The van der Waals surface area contributed by atoms with Crippen LogP contribution >= 0.6 is 11.8 Å². The number of aliphatic imine (C=N–C) groups is 1. The first-order valence-corrected chi connectivity index (χ1v) is 29.8. The van der Waals surface area contributed by atoms with E-state index in [0.717, 1.165) is 16.3 Å². The largest absolute Gasteiger partial charge is 0.308 e. The summed E-state index contributed by atoms with van der Waals surface area (Å²) < 4.78 is 4.97. The molecule has 13 aromatic rings. The molecule has 15 rings (SSSR count). The Hall–Kier alpha value is -9.22. The molecule has 1 aliphatic carbocycles. The molecule has 408 valence electrons. The summed E-state index contributed by atoms with van der Waals surface area (Å²) in [7, 11) is 1.92. The number of aromatic nitrogens is 2. The highest BCUT2D eigenvalue weighted by Crippen LogP contribution is 2.54. The Balaban J connectivity index is 0.000000312. The minimum absolute atomic E-state index is 0.167. The van der Waals surface area contributed by atoms with Gasteiger partial charge in [-0.05, 0) is 137 Å². The average Bonchev–Trinajstić information content (AvgIpc) is 1.72. The van der Waals surface area contributed by atoms with Gasteiger partial charge < -0.3 is 8.97 Å². The second kappa shape index (κ2) is 23.7. The summed E-state index contributed by atoms with van der Waals surface area (Å²) in [6.07, 6.45) is 9.45. The van der Waals surface area contributed by atoms with Crippen LogP contribution in [0.5, 0.6) is 0 Å². The Bertz CT molecular complexity index is 4710. The lowest BCUT2D eigenvalue weighted by Crippen LogP contribution is -2.15. The van der Waals surface area contributed by atoms with Crippen molar-refractivity contribution in [1.82, 2.24) is 8.97 Å². The van der Waals surface area contributed by atoms with Crippen LogP contribution in [0.25, 0.3) is 110 Å². The van der Waals surface area contributed by atoms with Crippen molar-refractivity contribution < 1.29 is 0 Å². The zero-order chi connectivity index (χ0) is 57.9. The summed E-state index contributed by atoms with van der Waals surface area (Å²) in [6.45, 7) is 23.7. The second-order valence-corrected chi connectivity index (χ2v) is 22.4. The van der Waals surface area contributed by atoms with E-state index in [2.05, 4.69) is 262 Å². The summed E-state index contributed by atoms with van der Waals surface area (Å²) in [4.78, 5) is 6.11. The number of nitrogens with zero attached hydrogens (tertiary/aromatic N) is 3. The molecule has 0 bridgehead atoms. The SMILES string of the molecule is C/C=C(\C)c1ccccc1.C=C/C=C\C.C=CC.CC.CN=C1Sc2ccccc2/C1=C(\c1ccccc1)n1c2ccccc2c2cc(-c3ccc4c(c3)-c3ccc5cc6c(cc5c3C4(C)C)c3cccc4c5ccccc5n6c43)ccc21. The van der Waals surface area contributed by atoms with Crippen LogP contribution in [0.15, 0.2) is 266 Å². The predicted octanol–water partition coefficient (Wildman–Crippen LogP) is 22.7. The fourth-order valence-corrected chi connectivity index (χ4v) is 13.6. The van der Waals surface area contributed by atoms with E-state index < -0.39 is 0 Å². The van der Waals surface area contributed by atoms with Gasteiger partial charge in [0, 0.05) is 60.8 Å². The lowest BCUT2D eigenvalue weighted by molar-refractivity contribution is 0.666. The Morgan fingerprint density at radius 3 is 1.77 bits per heavy atom. The molecular formula is C79H71N3S. The zero-order valence-corrected chi connectivity index (χ0v) is 50.1. The van der Waals surface area contributed by atoms with Crippen molar-refractivity contribution >= 4 is 104 Å². The van der Waals surface area contributed by atoms with Gasteiger partial charge in [0.25, 0.3) is 0 Å². The molecule has 0 fully saturated rings. The summed E-state index contributed by atoms with van der Waals surface area (Å²) in [5, 5.41) is 11.4. The number of hydrogen-bond donors (Lipinski definition) is 0. The molecule has 0 radical (unpaired) electrons. The van der Waals surface area contributed by atoms with Gasteiger partial charge >= 0.3 is 0 Å². The molecule has 2 aliphatic rings. The summed E-state index contributed by atoms with van der Waals surface area (Å²) in [5.74, 6) is 0. The Kier molecular flexibility index (Phi) is 15.9. The molecule has 3 nitrogen and oxygen atoms in total. The maximum Gasteiger partial charge on any atom is 0.105 e. The molecular weight excluding hydrogens is 1020 g/mol. The summed E-state index contributed by atoms with van der Waals surface area (Å²) >= 11 is 1.76. The van der Waals surface area contributed by atoms with Crippen LogP contribution in [0.2, 0.25) is 0 Å². The molecule has 4 heterocycles. The molecule has 0 unspecified atom stereocenters. The number of para-hydroxylation sites is 3. The molecule has 10 aromatic carbocycles. The smallest absolute Gasteiger partial charge is 0.105 e. The minimum Gasteiger partial charge on any atom is -0.308 e. The van der Waals surface area contributed by atoms with Crippen LogP contribution in [0.4, 0.5) is 0 Å². The minimum atomic E-state index is -0.167. The molecule has 4 heteroatoms. The molecule has 0 atom stereocenters. The Labute approximate surface area is 494 Å². The number of hydrogen-bond acceptors (Lipinski definition) is 2. The van der Waals surface area contributed by atoms with E-state index >= 15 is 0 Å². The third kappa shape index (κ3) is 9.61. The topological polar surface area (TPSA) is 21.7 Å². The van der Waals surface area contributed by atoms with Crippen molar-refractivity contribution in [2.24, 2.45) is 4.99 Å². The molecule has 0 saturated heterocycles. The summed E-state index contributed by atoms with van der Waals surface area (Å²) in [5.41, 5.74) is 21.3. The van der Waals surface area contributed by atoms with E-state index in [-0.39, 0.29) is 5.41 Å². The Morgan fingerprint density at radius 1 is 0.518 bits per heavy atom. The van der Waals surface area contributed by atoms with E-state index in [9.17, 15) is 0 Å². The van der Waals surface area contributed by atoms with Crippen LogP contribution in [-0.2, 0) is 5.41 Å². The van der Waals surface area contributed by atoms with Gasteiger partial charge in [-0.3, -0.25) is 4.99 Å². The van der Waals surface area contributed by atoms with Crippen LogP contribution < -0.4 is 0 Å². The third-order valence-corrected chi connectivity index (χ3v) is 17.4. The maximum absolute atomic E-state index is 4.87. The van der Waals surface area contributed by atoms with E-state index in [1.54, 1.807) is 23.9 Å². The highest BCUT2D eigenvalue weighted by molar-refractivity contribution is 8.15. The molecule has 3 aromatic heterocycles. The first-order chi connectivity index (χ1) is 40.6. The van der Waals surface area contributed by atoms with Crippen molar-refractivity contribution in [1.29, 1.82) is 0 Å². The standard InChI is InChI=1S/C59H39N3S.C10H12.C5H8.C3H6.C2H6/c1-59(2)48-28-25-35(30-45(48)40-27-24-37-32-52-47(33-44(37)55(40)59)42-20-13-19-41-38-16-7-10-21-49(38)62(52)57(41)42)36-26-29-51-46(31-36)39-17-8-11-22-50(39)61(51)56(34-14-5-4-6-15-34)54-43-18-9-12-23-53(43)63-58(54)60-3;1-3-9(2)10-7-5-4-6-8-10;1-3-5-4-2;1-3-2;1-2/h4-33H,1-3H3;3-8H,1-2H3;3-5H,1H2,2H3;3H,1H2,2H3;1-2H3/b56-54-,60-58?;9-3+;5-4-;;. The molecule has 0 spiro atoms. The van der Waals surface area contributed by atoms with Gasteiger partial charge in [0.15, 0.2) is 0 Å². The van der Waals surface area contributed by atoms with E-state index in [4.69, 9.17) is 4.99 Å². The first-order valence-electron chi connectivity index (χ1n) is 29.0. The highest BCUT2D eigenvalue weighted by atomic mass is 32.2. The van der Waals surface area contributed by atoms with Crippen LogP contribution in [-0.4, -0.2) is 21.1 Å². The number of benzene rings is 10. The van der Waals surface area contributed by atoms with Gasteiger partial charge in [0.1, 0.15) is 5.04 Å². The fourth-order valence-electron chi connectivity index (χ4n) is 12.6. The molecule has 0 saturated carbocycles. The normalized spacial score (nSPS) is 14.2. The fraction of sp³-hybridized carbons (Fsp3) is 0.127. The lowest BCUT2D eigenvalue weighted by atomic mass is 9.80. The first kappa shape index (κ1) is 55.7. The van der Waals surface area contributed by atoms with Gasteiger partial charge in [-0.1, -0.05) is 240 Å². The average molecular weight is 1090 g/mol. The summed E-state index contributed by atoms with van der Waals surface area (Å²) in [6, 6.07) is 78.4. The molecule has 0 amide bonds. The number of allylic oxidation sites excluding steroid dienone is 6. The van der Waals surface area contributed by atoms with Crippen molar-refractivity contribution in [2.75, 3.05) is 7.05 Å². The van der Waals surface area contributed by atoms with Gasteiger partial charge in [0.2, 0.25) is 0 Å². The molecule has 83 heavy (non-hydrogen) atoms. The number of rotatable bonds is 5. The van der Waals surface area contributed by atoms with Crippen LogP contribution in [0.3, 0.4) is 0 Å². The van der Waals surface area contributed by atoms with E-state index in [1.165, 1.54) is 131 Å². The number of thioether (sulfide) groups is 1. The van der Waals surface area contributed by atoms with Gasteiger partial charge in [0.05, 0.1) is 33.3 Å². The van der Waals surface area contributed by atoms with Gasteiger partial charge in [-0.15, -0.1) is 6.58 Å². The van der Waals surface area contributed by atoms with E-state index in [1.807, 2.05) is 53.0 Å². The van der Waals surface area contributed by atoms with Crippen molar-refractivity contribution in [2.45, 2.75) is 65.7 Å². The van der Waals surface area contributed by atoms with Crippen LogP contribution in [0, 0.1) is 0 Å². The second-order valence-electron chi connectivity index (χ2n) is 21.3.